The minimum atomic E-state index is -0.675. The summed E-state index contributed by atoms with van der Waals surface area (Å²) >= 11 is 0. The Labute approximate surface area is 129 Å². The molecule has 1 aliphatic heterocycles. The molecule has 1 aliphatic rings. The van der Waals surface area contributed by atoms with E-state index in [0.717, 1.165) is 58.1 Å². The van der Waals surface area contributed by atoms with Crippen molar-refractivity contribution in [3.63, 3.8) is 0 Å². The first-order valence-electron chi connectivity index (χ1n) is 8.41. The maximum atomic E-state index is 10.4. The van der Waals surface area contributed by atoms with Crippen molar-refractivity contribution in [2.24, 2.45) is 10.9 Å². The van der Waals surface area contributed by atoms with Crippen molar-refractivity contribution in [1.82, 2.24) is 10.2 Å². The molecule has 124 valence electrons. The fourth-order valence-electron chi connectivity index (χ4n) is 2.57. The van der Waals surface area contributed by atoms with E-state index in [1.54, 1.807) is 0 Å². The number of aliphatic hydroxyl groups is 1. The van der Waals surface area contributed by atoms with Crippen LogP contribution in [0.5, 0.6) is 0 Å². The Bertz CT molecular complexity index is 317. The minimum Gasteiger partial charge on any atom is -0.388 e. The van der Waals surface area contributed by atoms with E-state index in [4.69, 9.17) is 4.74 Å². The maximum Gasteiger partial charge on any atom is 0.194 e. The number of nitrogens with one attached hydrogen (secondary N) is 1. The number of nitrogens with zero attached hydrogens (tertiary/aromatic N) is 2. The SMILES string of the molecule is CCNC(=NCC(O)(CC)CC)N1CCC(COCC)C1. The summed E-state index contributed by atoms with van der Waals surface area (Å²) in [6.07, 6.45) is 2.62. The third-order valence-corrected chi connectivity index (χ3v) is 4.32. The van der Waals surface area contributed by atoms with Crippen LogP contribution in [-0.2, 0) is 4.74 Å². The highest BCUT2D eigenvalue weighted by molar-refractivity contribution is 5.80. The van der Waals surface area contributed by atoms with Crippen LogP contribution in [0.2, 0.25) is 0 Å². The van der Waals surface area contributed by atoms with E-state index in [0.29, 0.717) is 12.5 Å². The third kappa shape index (κ3) is 5.83. The second-order valence-corrected chi connectivity index (χ2v) is 5.86. The fourth-order valence-corrected chi connectivity index (χ4v) is 2.57. The average Bonchev–Trinajstić information content (AvgIpc) is 2.97. The zero-order valence-corrected chi connectivity index (χ0v) is 14.2. The largest absolute Gasteiger partial charge is 0.388 e. The van der Waals surface area contributed by atoms with Gasteiger partial charge in [-0.25, -0.2) is 0 Å². The van der Waals surface area contributed by atoms with Gasteiger partial charge in [-0.05, 0) is 33.1 Å². The molecule has 0 spiro atoms. The van der Waals surface area contributed by atoms with Gasteiger partial charge in [-0.15, -0.1) is 0 Å². The molecule has 1 fully saturated rings. The monoisotopic (exact) mass is 299 g/mol. The van der Waals surface area contributed by atoms with Crippen molar-refractivity contribution in [3.05, 3.63) is 0 Å². The van der Waals surface area contributed by atoms with Gasteiger partial charge in [-0.2, -0.15) is 0 Å². The molecular weight excluding hydrogens is 266 g/mol. The predicted molar refractivity (Wildman–Crippen MR) is 87.7 cm³/mol. The van der Waals surface area contributed by atoms with Crippen LogP contribution in [0.25, 0.3) is 0 Å². The molecule has 5 heteroatoms. The normalized spacial score (nSPS) is 20.1. The highest BCUT2D eigenvalue weighted by atomic mass is 16.5. The molecule has 0 aliphatic carbocycles. The molecule has 1 saturated heterocycles. The number of rotatable bonds is 8. The van der Waals surface area contributed by atoms with Crippen molar-refractivity contribution in [2.75, 3.05) is 39.4 Å². The zero-order chi connectivity index (χ0) is 15.7. The van der Waals surface area contributed by atoms with Crippen molar-refractivity contribution in [1.29, 1.82) is 0 Å². The molecule has 0 saturated carbocycles. The van der Waals surface area contributed by atoms with E-state index in [-0.39, 0.29) is 0 Å². The quantitative estimate of drug-likeness (QED) is 0.530. The van der Waals surface area contributed by atoms with Crippen molar-refractivity contribution >= 4 is 5.96 Å². The van der Waals surface area contributed by atoms with Gasteiger partial charge in [-0.1, -0.05) is 13.8 Å². The Balaban J connectivity index is 2.61. The number of guanidine groups is 1. The lowest BCUT2D eigenvalue weighted by Crippen LogP contribution is -2.42. The topological polar surface area (TPSA) is 57.1 Å². The lowest BCUT2D eigenvalue weighted by Gasteiger charge is -2.26. The molecule has 1 heterocycles. The summed E-state index contributed by atoms with van der Waals surface area (Å²) in [5, 5.41) is 13.7. The van der Waals surface area contributed by atoms with Crippen LogP contribution in [0.4, 0.5) is 0 Å². The lowest BCUT2D eigenvalue weighted by atomic mass is 9.98. The van der Waals surface area contributed by atoms with Gasteiger partial charge in [0.1, 0.15) is 0 Å². The van der Waals surface area contributed by atoms with Crippen LogP contribution in [-0.4, -0.2) is 61.0 Å². The van der Waals surface area contributed by atoms with Crippen molar-refractivity contribution < 1.29 is 9.84 Å². The first-order valence-corrected chi connectivity index (χ1v) is 8.41. The summed E-state index contributed by atoms with van der Waals surface area (Å²) in [6.45, 7) is 13.1. The molecule has 1 rings (SSSR count). The number of hydrogen-bond donors (Lipinski definition) is 2. The third-order valence-electron chi connectivity index (χ3n) is 4.32. The van der Waals surface area contributed by atoms with Gasteiger partial charge in [0.2, 0.25) is 0 Å². The summed E-state index contributed by atoms with van der Waals surface area (Å²) in [4.78, 5) is 6.96. The van der Waals surface area contributed by atoms with Crippen LogP contribution in [0.1, 0.15) is 47.0 Å². The first kappa shape index (κ1) is 18.2. The molecule has 0 aromatic carbocycles. The van der Waals surface area contributed by atoms with Crippen LogP contribution >= 0.6 is 0 Å². The molecule has 0 amide bonds. The smallest absolute Gasteiger partial charge is 0.194 e. The van der Waals surface area contributed by atoms with E-state index >= 15 is 0 Å². The number of ether oxygens (including phenoxy) is 1. The van der Waals surface area contributed by atoms with Gasteiger partial charge >= 0.3 is 0 Å². The first-order chi connectivity index (χ1) is 10.1. The Morgan fingerprint density at radius 2 is 2.05 bits per heavy atom. The van der Waals surface area contributed by atoms with Gasteiger partial charge in [0, 0.05) is 32.2 Å². The molecular formula is C16H33N3O2. The summed E-state index contributed by atoms with van der Waals surface area (Å²) in [7, 11) is 0. The summed E-state index contributed by atoms with van der Waals surface area (Å²) in [5.41, 5.74) is -0.675. The van der Waals surface area contributed by atoms with Gasteiger partial charge in [0.25, 0.3) is 0 Å². The van der Waals surface area contributed by atoms with Gasteiger partial charge in [-0.3, -0.25) is 4.99 Å². The molecule has 0 aromatic rings. The van der Waals surface area contributed by atoms with Gasteiger partial charge < -0.3 is 20.1 Å². The Morgan fingerprint density at radius 3 is 2.62 bits per heavy atom. The lowest BCUT2D eigenvalue weighted by molar-refractivity contribution is 0.0416. The van der Waals surface area contributed by atoms with Crippen LogP contribution in [0, 0.1) is 5.92 Å². The van der Waals surface area contributed by atoms with Crippen molar-refractivity contribution in [2.45, 2.75) is 52.6 Å². The molecule has 1 unspecified atom stereocenters. The Kier molecular flexibility index (Phi) is 8.04. The van der Waals surface area contributed by atoms with E-state index in [9.17, 15) is 5.11 Å². The van der Waals surface area contributed by atoms with E-state index in [1.807, 2.05) is 20.8 Å². The average molecular weight is 299 g/mol. The van der Waals surface area contributed by atoms with E-state index in [2.05, 4.69) is 22.1 Å². The maximum absolute atomic E-state index is 10.4. The number of aliphatic imine (C=N–C) groups is 1. The highest BCUT2D eigenvalue weighted by Crippen LogP contribution is 2.18. The molecule has 0 bridgehead atoms. The summed E-state index contributed by atoms with van der Waals surface area (Å²) in [5.74, 6) is 1.52. The second-order valence-electron chi connectivity index (χ2n) is 5.86. The van der Waals surface area contributed by atoms with Crippen LogP contribution < -0.4 is 5.32 Å². The Hall–Kier alpha value is -0.810. The van der Waals surface area contributed by atoms with Crippen LogP contribution in [0.3, 0.4) is 0 Å². The van der Waals surface area contributed by atoms with Gasteiger partial charge in [0.05, 0.1) is 18.8 Å². The minimum absolute atomic E-state index is 0.467. The molecule has 2 N–H and O–H groups in total. The highest BCUT2D eigenvalue weighted by Gasteiger charge is 2.26. The van der Waals surface area contributed by atoms with E-state index in [1.165, 1.54) is 0 Å². The molecule has 5 nitrogen and oxygen atoms in total. The zero-order valence-electron chi connectivity index (χ0n) is 14.2. The second kappa shape index (κ2) is 9.26. The van der Waals surface area contributed by atoms with E-state index < -0.39 is 5.60 Å². The molecule has 1 atom stereocenters. The number of likely N-dealkylation sites (tertiary alicyclic amines) is 1. The fraction of sp³-hybridized carbons (Fsp3) is 0.938. The molecule has 0 radical (unpaired) electrons. The predicted octanol–water partition coefficient (Wildman–Crippen LogP) is 1.86. The molecule has 21 heavy (non-hydrogen) atoms. The van der Waals surface area contributed by atoms with Crippen molar-refractivity contribution in [3.8, 4) is 0 Å². The van der Waals surface area contributed by atoms with Gasteiger partial charge in [0.15, 0.2) is 5.96 Å². The number of hydrogen-bond acceptors (Lipinski definition) is 3. The Morgan fingerprint density at radius 1 is 1.33 bits per heavy atom. The summed E-state index contributed by atoms with van der Waals surface area (Å²) < 4.78 is 5.53. The van der Waals surface area contributed by atoms with Crippen LogP contribution in [0.15, 0.2) is 4.99 Å². The standard InChI is InChI=1S/C16H33N3O2/c1-5-16(20,6-2)13-18-15(17-7-3)19-10-9-14(11-19)12-21-8-4/h14,20H,5-13H2,1-4H3,(H,17,18). The summed E-state index contributed by atoms with van der Waals surface area (Å²) in [6, 6.07) is 0. The molecule has 0 aromatic heterocycles.